The maximum atomic E-state index is 13.2. The highest BCUT2D eigenvalue weighted by Crippen LogP contribution is 2.33. The second kappa shape index (κ2) is 10.3. The second-order valence-electron chi connectivity index (χ2n) is 9.09. The van der Waals surface area contributed by atoms with Gasteiger partial charge in [-0.15, -0.1) is 0 Å². The molecule has 1 amide bonds. The maximum absolute atomic E-state index is 13.2. The highest BCUT2D eigenvalue weighted by Gasteiger charge is 2.30. The molecule has 0 spiro atoms. The molecule has 2 aromatic carbocycles. The number of benzene rings is 2. The molecular weight excluding hydrogens is 481 g/mol. The predicted molar refractivity (Wildman–Crippen MR) is 136 cm³/mol. The zero-order valence-corrected chi connectivity index (χ0v) is 20.4. The summed E-state index contributed by atoms with van der Waals surface area (Å²) in [7, 11) is 1.52. The molecule has 4 aromatic rings. The van der Waals surface area contributed by atoms with Crippen LogP contribution in [-0.4, -0.2) is 53.5 Å². The van der Waals surface area contributed by atoms with Crippen molar-refractivity contribution < 1.29 is 22.7 Å². The third-order valence-corrected chi connectivity index (χ3v) is 6.67. The number of likely N-dealkylation sites (tertiary alicyclic amines) is 1. The SMILES string of the molecule is COc1cc(-c2ccc3cnc(-c4cccc(C(F)(F)F)c4)n3c2)ccc1C(=O)NCCN1CCCC1. The van der Waals surface area contributed by atoms with Crippen molar-refractivity contribution in [2.75, 3.05) is 33.3 Å². The Morgan fingerprint density at radius 1 is 1.03 bits per heavy atom. The van der Waals surface area contributed by atoms with Crippen LogP contribution in [0.3, 0.4) is 0 Å². The molecule has 192 valence electrons. The van der Waals surface area contributed by atoms with Crippen molar-refractivity contribution in [2.45, 2.75) is 19.0 Å². The van der Waals surface area contributed by atoms with Crippen molar-refractivity contribution in [1.82, 2.24) is 19.6 Å². The van der Waals surface area contributed by atoms with Crippen LogP contribution in [0.4, 0.5) is 13.2 Å². The van der Waals surface area contributed by atoms with Gasteiger partial charge in [-0.1, -0.05) is 24.3 Å². The molecule has 2 aromatic heterocycles. The van der Waals surface area contributed by atoms with Gasteiger partial charge in [0.1, 0.15) is 11.6 Å². The Hall–Kier alpha value is -3.85. The van der Waals surface area contributed by atoms with Crippen molar-refractivity contribution >= 4 is 11.4 Å². The van der Waals surface area contributed by atoms with E-state index in [1.54, 1.807) is 28.8 Å². The van der Waals surface area contributed by atoms with Gasteiger partial charge < -0.3 is 15.0 Å². The first-order valence-corrected chi connectivity index (χ1v) is 12.2. The molecule has 6 nitrogen and oxygen atoms in total. The zero-order chi connectivity index (χ0) is 26.0. The number of imidazole rings is 1. The van der Waals surface area contributed by atoms with Gasteiger partial charge in [0.15, 0.2) is 0 Å². The molecule has 3 heterocycles. The first-order valence-electron chi connectivity index (χ1n) is 12.2. The van der Waals surface area contributed by atoms with Crippen molar-refractivity contribution in [2.24, 2.45) is 0 Å². The summed E-state index contributed by atoms with van der Waals surface area (Å²) in [4.78, 5) is 19.5. The van der Waals surface area contributed by atoms with Crippen LogP contribution < -0.4 is 10.1 Å². The van der Waals surface area contributed by atoms with E-state index in [2.05, 4.69) is 15.2 Å². The number of nitrogens with one attached hydrogen (secondary N) is 1. The van der Waals surface area contributed by atoms with E-state index in [4.69, 9.17) is 4.74 Å². The average Bonchev–Trinajstić information content (AvgIpc) is 3.57. The zero-order valence-electron chi connectivity index (χ0n) is 20.4. The van der Waals surface area contributed by atoms with Crippen LogP contribution in [0.1, 0.15) is 28.8 Å². The van der Waals surface area contributed by atoms with E-state index in [0.717, 1.165) is 48.4 Å². The van der Waals surface area contributed by atoms with Gasteiger partial charge in [0.25, 0.3) is 5.91 Å². The molecule has 0 bridgehead atoms. The van der Waals surface area contributed by atoms with E-state index in [1.807, 2.05) is 24.4 Å². The largest absolute Gasteiger partial charge is 0.496 e. The molecule has 0 saturated carbocycles. The number of nitrogens with zero attached hydrogens (tertiary/aromatic N) is 3. The minimum Gasteiger partial charge on any atom is -0.496 e. The molecule has 9 heteroatoms. The van der Waals surface area contributed by atoms with Crippen LogP contribution in [0, 0.1) is 0 Å². The van der Waals surface area contributed by atoms with E-state index >= 15 is 0 Å². The summed E-state index contributed by atoms with van der Waals surface area (Å²) in [6.45, 7) is 3.54. The number of hydrogen-bond acceptors (Lipinski definition) is 4. The van der Waals surface area contributed by atoms with Crippen LogP contribution in [0.25, 0.3) is 28.0 Å². The monoisotopic (exact) mass is 508 g/mol. The number of rotatable bonds is 7. The quantitative estimate of drug-likeness (QED) is 0.357. The number of carbonyl (C=O) groups is 1. The van der Waals surface area contributed by atoms with E-state index in [1.165, 1.54) is 26.0 Å². The number of fused-ring (bicyclic) bond motifs is 1. The fourth-order valence-corrected chi connectivity index (χ4v) is 4.70. The lowest BCUT2D eigenvalue weighted by atomic mass is 10.0. The number of hydrogen-bond donors (Lipinski definition) is 1. The summed E-state index contributed by atoms with van der Waals surface area (Å²) in [5.41, 5.74) is 2.44. The van der Waals surface area contributed by atoms with E-state index < -0.39 is 11.7 Å². The number of ether oxygens (including phenoxy) is 1. The van der Waals surface area contributed by atoms with Crippen LogP contribution in [-0.2, 0) is 6.18 Å². The van der Waals surface area contributed by atoms with Crippen LogP contribution in [0.5, 0.6) is 5.75 Å². The summed E-state index contributed by atoms with van der Waals surface area (Å²) in [5.74, 6) is 0.656. The highest BCUT2D eigenvalue weighted by molar-refractivity contribution is 5.97. The molecule has 1 aliphatic heterocycles. The average molecular weight is 509 g/mol. The third kappa shape index (κ3) is 5.32. The van der Waals surface area contributed by atoms with Gasteiger partial charge in [-0.05, 0) is 67.4 Å². The smallest absolute Gasteiger partial charge is 0.416 e. The molecule has 0 radical (unpaired) electrons. The molecule has 1 fully saturated rings. The third-order valence-electron chi connectivity index (χ3n) is 6.67. The summed E-state index contributed by atoms with van der Waals surface area (Å²) in [6.07, 6.45) is 1.41. The van der Waals surface area contributed by atoms with Gasteiger partial charge >= 0.3 is 6.18 Å². The van der Waals surface area contributed by atoms with Gasteiger partial charge in [-0.25, -0.2) is 4.98 Å². The van der Waals surface area contributed by atoms with E-state index in [-0.39, 0.29) is 5.91 Å². The van der Waals surface area contributed by atoms with Crippen molar-refractivity contribution in [3.05, 3.63) is 78.1 Å². The predicted octanol–water partition coefficient (Wildman–Crippen LogP) is 5.52. The summed E-state index contributed by atoms with van der Waals surface area (Å²) in [5, 5.41) is 2.97. The lowest BCUT2D eigenvalue weighted by Gasteiger charge is -2.16. The Morgan fingerprint density at radius 3 is 2.57 bits per heavy atom. The Morgan fingerprint density at radius 2 is 1.81 bits per heavy atom. The lowest BCUT2D eigenvalue weighted by molar-refractivity contribution is -0.137. The van der Waals surface area contributed by atoms with Gasteiger partial charge in [0, 0.05) is 24.8 Å². The van der Waals surface area contributed by atoms with Gasteiger partial charge in [0.2, 0.25) is 0 Å². The Labute approximate surface area is 212 Å². The van der Waals surface area contributed by atoms with E-state index in [9.17, 15) is 18.0 Å². The molecule has 5 rings (SSSR count). The maximum Gasteiger partial charge on any atom is 0.416 e. The van der Waals surface area contributed by atoms with Crippen LogP contribution >= 0.6 is 0 Å². The number of halogens is 3. The van der Waals surface area contributed by atoms with E-state index in [0.29, 0.717) is 29.2 Å². The summed E-state index contributed by atoms with van der Waals surface area (Å²) >= 11 is 0. The fraction of sp³-hybridized carbons (Fsp3) is 0.286. The minimum absolute atomic E-state index is 0.195. The molecule has 37 heavy (non-hydrogen) atoms. The molecule has 0 atom stereocenters. The second-order valence-corrected chi connectivity index (χ2v) is 9.09. The number of carbonyl (C=O) groups excluding carboxylic acids is 1. The summed E-state index contributed by atoms with van der Waals surface area (Å²) < 4.78 is 47.0. The number of amides is 1. The molecule has 1 saturated heterocycles. The molecule has 0 aliphatic carbocycles. The first-order chi connectivity index (χ1) is 17.8. The first kappa shape index (κ1) is 24.8. The van der Waals surface area contributed by atoms with Gasteiger partial charge in [-0.2, -0.15) is 13.2 Å². The Balaban J connectivity index is 1.40. The van der Waals surface area contributed by atoms with Gasteiger partial charge in [-0.3, -0.25) is 9.20 Å². The topological polar surface area (TPSA) is 58.9 Å². The standard InChI is InChI=1S/C28H27F3N4O2/c1-37-25-16-19(8-10-24(25)27(36)32-11-14-34-12-2-3-13-34)21-7-9-23-17-33-26(35(23)18-21)20-5-4-6-22(15-20)28(29,30)31/h4-10,15-18H,2-3,11-14H2,1H3,(H,32,36). The van der Waals surface area contributed by atoms with Crippen molar-refractivity contribution in [3.8, 4) is 28.3 Å². The number of pyridine rings is 1. The van der Waals surface area contributed by atoms with Crippen LogP contribution in [0.15, 0.2) is 67.0 Å². The highest BCUT2D eigenvalue weighted by atomic mass is 19.4. The lowest BCUT2D eigenvalue weighted by Crippen LogP contribution is -2.33. The van der Waals surface area contributed by atoms with Crippen molar-refractivity contribution in [3.63, 3.8) is 0 Å². The Bertz CT molecular complexity index is 1420. The minimum atomic E-state index is -4.44. The fourth-order valence-electron chi connectivity index (χ4n) is 4.70. The number of alkyl halides is 3. The number of aromatic nitrogens is 2. The van der Waals surface area contributed by atoms with Gasteiger partial charge in [0.05, 0.1) is 30.0 Å². The molecule has 0 unspecified atom stereocenters. The molecular formula is C28H27F3N4O2. The normalized spacial score (nSPS) is 14.3. The number of methoxy groups -OCH3 is 1. The van der Waals surface area contributed by atoms with Crippen molar-refractivity contribution in [1.29, 1.82) is 0 Å². The molecule has 1 N–H and O–H groups in total. The Kier molecular flexibility index (Phi) is 6.88. The molecule has 1 aliphatic rings. The summed E-state index contributed by atoms with van der Waals surface area (Å²) in [6, 6.07) is 14.2. The van der Waals surface area contributed by atoms with Crippen LogP contribution in [0.2, 0.25) is 0 Å².